The summed E-state index contributed by atoms with van der Waals surface area (Å²) in [6.45, 7) is 6.43. The molecule has 2 amide bonds. The second-order valence-electron chi connectivity index (χ2n) is 7.00. The van der Waals surface area contributed by atoms with Crippen molar-refractivity contribution in [2.45, 2.75) is 40.2 Å². The van der Waals surface area contributed by atoms with Gasteiger partial charge in [-0.1, -0.05) is 26.0 Å². The fraction of sp³-hybridized carbons (Fsp3) is 0.381. The number of carbonyl (C=O) groups excluding carboxylic acids is 2. The van der Waals surface area contributed by atoms with Gasteiger partial charge in [-0.05, 0) is 43.2 Å². The van der Waals surface area contributed by atoms with Gasteiger partial charge in [0.15, 0.2) is 0 Å². The van der Waals surface area contributed by atoms with Crippen LogP contribution in [0.5, 0.6) is 5.75 Å². The van der Waals surface area contributed by atoms with E-state index >= 15 is 0 Å². The van der Waals surface area contributed by atoms with Crippen LogP contribution in [0.15, 0.2) is 36.5 Å². The Balaban J connectivity index is 2.05. The van der Waals surface area contributed by atoms with Crippen molar-refractivity contribution in [3.63, 3.8) is 0 Å². The Morgan fingerprint density at radius 2 is 1.86 bits per heavy atom. The van der Waals surface area contributed by atoms with Crippen LogP contribution in [-0.4, -0.2) is 29.8 Å². The molecular formula is C21H25F2N3O3. The SMILES string of the molecule is Cc1cc(C(C)NC(=O)c2ccnc(NC(=O)C(C)C)c2)ccc1OCC(F)F. The molecule has 0 bridgehead atoms. The van der Waals surface area contributed by atoms with Crippen LogP contribution < -0.4 is 15.4 Å². The van der Waals surface area contributed by atoms with E-state index in [1.165, 1.54) is 12.3 Å². The minimum Gasteiger partial charge on any atom is -0.487 e. The highest BCUT2D eigenvalue weighted by atomic mass is 19.3. The van der Waals surface area contributed by atoms with E-state index in [9.17, 15) is 18.4 Å². The van der Waals surface area contributed by atoms with Crippen molar-refractivity contribution in [2.75, 3.05) is 11.9 Å². The molecule has 29 heavy (non-hydrogen) atoms. The molecule has 1 aromatic carbocycles. The van der Waals surface area contributed by atoms with Crippen molar-refractivity contribution >= 4 is 17.6 Å². The van der Waals surface area contributed by atoms with E-state index in [4.69, 9.17) is 4.74 Å². The number of halogens is 2. The summed E-state index contributed by atoms with van der Waals surface area (Å²) in [5.41, 5.74) is 1.87. The van der Waals surface area contributed by atoms with Crippen molar-refractivity contribution in [3.05, 3.63) is 53.2 Å². The first-order valence-electron chi connectivity index (χ1n) is 9.26. The second-order valence-corrected chi connectivity index (χ2v) is 7.00. The molecule has 0 aliphatic carbocycles. The zero-order chi connectivity index (χ0) is 21.6. The van der Waals surface area contributed by atoms with Gasteiger partial charge in [-0.2, -0.15) is 0 Å². The molecule has 156 valence electrons. The summed E-state index contributed by atoms with van der Waals surface area (Å²) in [5, 5.41) is 5.53. The molecular weight excluding hydrogens is 380 g/mol. The number of hydrogen-bond acceptors (Lipinski definition) is 4. The minimum atomic E-state index is -2.54. The van der Waals surface area contributed by atoms with Crippen LogP contribution in [0.3, 0.4) is 0 Å². The number of nitrogens with one attached hydrogen (secondary N) is 2. The van der Waals surface area contributed by atoms with E-state index in [0.29, 0.717) is 22.7 Å². The summed E-state index contributed by atoms with van der Waals surface area (Å²) in [4.78, 5) is 28.4. The van der Waals surface area contributed by atoms with Crippen LogP contribution in [0.4, 0.5) is 14.6 Å². The van der Waals surface area contributed by atoms with E-state index < -0.39 is 13.0 Å². The summed E-state index contributed by atoms with van der Waals surface area (Å²) in [6.07, 6.45) is -1.09. The molecule has 0 radical (unpaired) electrons. The number of carbonyl (C=O) groups is 2. The van der Waals surface area contributed by atoms with Crippen LogP contribution in [0.2, 0.25) is 0 Å². The van der Waals surface area contributed by atoms with Gasteiger partial charge in [-0.3, -0.25) is 9.59 Å². The molecule has 1 aromatic heterocycles. The third kappa shape index (κ3) is 6.51. The van der Waals surface area contributed by atoms with Gasteiger partial charge in [-0.25, -0.2) is 13.8 Å². The van der Waals surface area contributed by atoms with Crippen molar-refractivity contribution in [3.8, 4) is 5.75 Å². The molecule has 0 spiro atoms. The highest BCUT2D eigenvalue weighted by Crippen LogP contribution is 2.23. The Kier molecular flexibility index (Phi) is 7.64. The average Bonchev–Trinajstić information content (AvgIpc) is 2.66. The maximum atomic E-state index is 12.6. The van der Waals surface area contributed by atoms with Crippen molar-refractivity contribution < 1.29 is 23.1 Å². The third-order valence-corrected chi connectivity index (χ3v) is 4.21. The fourth-order valence-corrected chi connectivity index (χ4v) is 2.53. The number of benzene rings is 1. The van der Waals surface area contributed by atoms with Crippen LogP contribution in [0.1, 0.15) is 48.3 Å². The molecule has 2 N–H and O–H groups in total. The summed E-state index contributed by atoms with van der Waals surface area (Å²) < 4.78 is 29.7. The zero-order valence-corrected chi connectivity index (χ0v) is 16.8. The zero-order valence-electron chi connectivity index (χ0n) is 16.8. The quantitative estimate of drug-likeness (QED) is 0.692. The first-order valence-corrected chi connectivity index (χ1v) is 9.26. The van der Waals surface area contributed by atoms with E-state index in [1.54, 1.807) is 45.0 Å². The maximum absolute atomic E-state index is 12.6. The Labute approximate surface area is 168 Å². The summed E-state index contributed by atoms with van der Waals surface area (Å²) in [7, 11) is 0. The lowest BCUT2D eigenvalue weighted by Gasteiger charge is -2.17. The number of nitrogens with zero attached hydrogens (tertiary/aromatic N) is 1. The molecule has 0 aliphatic rings. The number of amides is 2. The van der Waals surface area contributed by atoms with Gasteiger partial charge in [0.1, 0.15) is 18.2 Å². The largest absolute Gasteiger partial charge is 0.487 e. The highest BCUT2D eigenvalue weighted by molar-refractivity contribution is 5.97. The smallest absolute Gasteiger partial charge is 0.272 e. The summed E-state index contributed by atoms with van der Waals surface area (Å²) >= 11 is 0. The van der Waals surface area contributed by atoms with Crippen molar-refractivity contribution in [1.29, 1.82) is 0 Å². The number of aromatic nitrogens is 1. The first-order chi connectivity index (χ1) is 13.7. The lowest BCUT2D eigenvalue weighted by atomic mass is 10.0. The van der Waals surface area contributed by atoms with Crippen LogP contribution in [-0.2, 0) is 4.79 Å². The molecule has 8 heteroatoms. The standard InChI is InChI=1S/C21H25F2N3O3/c1-12(2)20(27)26-19-10-16(7-8-24-19)21(28)25-14(4)15-5-6-17(13(3)9-15)29-11-18(22)23/h5-10,12,14,18H,11H2,1-4H3,(H,25,28)(H,24,26,27). The predicted octanol–water partition coefficient (Wildman–Crippen LogP) is 4.12. The van der Waals surface area contributed by atoms with E-state index in [0.717, 1.165) is 5.56 Å². The number of hydrogen-bond donors (Lipinski definition) is 2. The van der Waals surface area contributed by atoms with Gasteiger partial charge >= 0.3 is 0 Å². The molecule has 2 rings (SSSR count). The van der Waals surface area contributed by atoms with Gasteiger partial charge in [0.05, 0.1) is 6.04 Å². The summed E-state index contributed by atoms with van der Waals surface area (Å²) in [6, 6.07) is 7.86. The summed E-state index contributed by atoms with van der Waals surface area (Å²) in [5.74, 6) is -0.0264. The predicted molar refractivity (Wildman–Crippen MR) is 106 cm³/mol. The van der Waals surface area contributed by atoms with E-state index in [-0.39, 0.29) is 23.8 Å². The molecule has 0 saturated carbocycles. The van der Waals surface area contributed by atoms with Crippen molar-refractivity contribution in [1.82, 2.24) is 10.3 Å². The average molecular weight is 405 g/mol. The van der Waals surface area contributed by atoms with Gasteiger partial charge in [0.25, 0.3) is 12.3 Å². The van der Waals surface area contributed by atoms with Crippen LogP contribution >= 0.6 is 0 Å². The fourth-order valence-electron chi connectivity index (χ4n) is 2.53. The lowest BCUT2D eigenvalue weighted by molar-refractivity contribution is -0.118. The Morgan fingerprint density at radius 1 is 1.14 bits per heavy atom. The second kappa shape index (κ2) is 9.95. The lowest BCUT2D eigenvalue weighted by Crippen LogP contribution is -2.27. The number of rotatable bonds is 8. The van der Waals surface area contributed by atoms with Gasteiger partial charge in [0, 0.05) is 17.7 Å². The highest BCUT2D eigenvalue weighted by Gasteiger charge is 2.15. The normalized spacial score (nSPS) is 12.0. The van der Waals surface area contributed by atoms with Gasteiger partial charge < -0.3 is 15.4 Å². The van der Waals surface area contributed by atoms with Crippen LogP contribution in [0, 0.1) is 12.8 Å². The minimum absolute atomic E-state index is 0.187. The van der Waals surface area contributed by atoms with Gasteiger partial charge in [-0.15, -0.1) is 0 Å². The topological polar surface area (TPSA) is 80.3 Å². The molecule has 0 aliphatic heterocycles. The molecule has 1 heterocycles. The Hall–Kier alpha value is -3.03. The number of anilines is 1. The monoisotopic (exact) mass is 405 g/mol. The Morgan fingerprint density at radius 3 is 2.48 bits per heavy atom. The molecule has 1 atom stereocenters. The maximum Gasteiger partial charge on any atom is 0.272 e. The first kappa shape index (κ1) is 22.3. The molecule has 0 fully saturated rings. The molecule has 1 unspecified atom stereocenters. The van der Waals surface area contributed by atoms with Crippen LogP contribution in [0.25, 0.3) is 0 Å². The molecule has 6 nitrogen and oxygen atoms in total. The molecule has 0 saturated heterocycles. The molecule has 2 aromatic rings. The Bertz CT molecular complexity index is 872. The number of alkyl halides is 2. The number of aryl methyl sites for hydroxylation is 1. The number of pyridine rings is 1. The van der Waals surface area contributed by atoms with Gasteiger partial charge in [0.2, 0.25) is 5.91 Å². The third-order valence-electron chi connectivity index (χ3n) is 4.21. The number of ether oxygens (including phenoxy) is 1. The van der Waals surface area contributed by atoms with E-state index in [1.807, 2.05) is 6.92 Å². The van der Waals surface area contributed by atoms with Crippen molar-refractivity contribution in [2.24, 2.45) is 5.92 Å². The van der Waals surface area contributed by atoms with E-state index in [2.05, 4.69) is 15.6 Å².